The van der Waals surface area contributed by atoms with Gasteiger partial charge < -0.3 is 10.1 Å². The zero-order valence-corrected chi connectivity index (χ0v) is 11.6. The first kappa shape index (κ1) is 11.5. The van der Waals surface area contributed by atoms with Crippen molar-refractivity contribution in [3.8, 4) is 11.1 Å². The van der Waals surface area contributed by atoms with E-state index in [1.54, 1.807) is 0 Å². The molecule has 3 nitrogen and oxygen atoms in total. The van der Waals surface area contributed by atoms with Gasteiger partial charge in [-0.15, -0.1) is 0 Å². The maximum absolute atomic E-state index is 6.46. The molecular weight excluding hydrogens is 246 g/mol. The molecule has 0 saturated carbocycles. The molecule has 0 spiro atoms. The number of aryl methyl sites for hydroxylation is 2. The first-order valence-corrected chi connectivity index (χ1v) is 7.07. The Kier molecular flexibility index (Phi) is 2.36. The Hall–Kier alpha value is -2.29. The Labute approximate surface area is 118 Å². The molecule has 1 aliphatic carbocycles. The number of aromatic nitrogens is 2. The molecule has 20 heavy (non-hydrogen) atoms. The Morgan fingerprint density at radius 3 is 3.05 bits per heavy atom. The van der Waals surface area contributed by atoms with E-state index in [1.165, 1.54) is 40.7 Å². The second-order valence-corrected chi connectivity index (χ2v) is 5.61. The zero-order valence-electron chi connectivity index (χ0n) is 11.6. The minimum absolute atomic E-state index is 0.973. The van der Waals surface area contributed by atoms with Crippen molar-refractivity contribution in [1.29, 1.82) is 0 Å². The average Bonchev–Trinajstić information content (AvgIpc) is 3.06. The molecule has 2 heterocycles. The van der Waals surface area contributed by atoms with Crippen LogP contribution in [0, 0.1) is 6.92 Å². The van der Waals surface area contributed by atoms with E-state index in [-0.39, 0.29) is 0 Å². The molecule has 1 aliphatic rings. The number of hydrogen-bond donors (Lipinski definition) is 1. The van der Waals surface area contributed by atoms with Gasteiger partial charge in [0.1, 0.15) is 0 Å². The monoisotopic (exact) mass is 263 g/mol. The molecule has 0 bridgehead atoms. The van der Waals surface area contributed by atoms with Crippen LogP contribution in [0.1, 0.15) is 23.1 Å². The number of rotatable bonds is 1. The fourth-order valence-electron chi connectivity index (χ4n) is 3.39. The van der Waals surface area contributed by atoms with Gasteiger partial charge in [0.2, 0.25) is 0 Å². The van der Waals surface area contributed by atoms with Gasteiger partial charge in [0.25, 0.3) is 0 Å². The molecule has 3 heteroatoms. The molecule has 0 atom stereocenters. The highest BCUT2D eigenvalue weighted by molar-refractivity contribution is 5.84. The van der Waals surface area contributed by atoms with E-state index in [1.807, 2.05) is 23.1 Å². The van der Waals surface area contributed by atoms with Crippen LogP contribution in [0.25, 0.3) is 16.6 Å². The molecule has 2 N–H and O–H groups in total. The quantitative estimate of drug-likeness (QED) is 0.684. The van der Waals surface area contributed by atoms with Crippen molar-refractivity contribution in [3.63, 3.8) is 0 Å². The lowest BCUT2D eigenvalue weighted by Gasteiger charge is -2.15. The lowest BCUT2D eigenvalue weighted by atomic mass is 9.93. The number of hydrogen-bond acceptors (Lipinski definition) is 2. The molecule has 0 saturated heterocycles. The molecular formula is C17H17N3. The Bertz CT molecular complexity index is 814. The molecule has 0 radical (unpaired) electrons. The number of pyridine rings is 1. The van der Waals surface area contributed by atoms with Crippen molar-refractivity contribution < 1.29 is 0 Å². The summed E-state index contributed by atoms with van der Waals surface area (Å²) in [7, 11) is 0. The van der Waals surface area contributed by atoms with Gasteiger partial charge in [-0.1, -0.05) is 6.07 Å². The smallest absolute Gasteiger partial charge is 0.0991 e. The third kappa shape index (κ3) is 1.56. The SMILES string of the molecule is Cc1cc2c(c(N)c1-c1ccn3cncc3c1)CCC2. The van der Waals surface area contributed by atoms with E-state index in [0.717, 1.165) is 17.6 Å². The van der Waals surface area contributed by atoms with Crippen LogP contribution in [0.4, 0.5) is 5.69 Å². The number of fused-ring (bicyclic) bond motifs is 2. The Balaban J connectivity index is 1.97. The van der Waals surface area contributed by atoms with Gasteiger partial charge >= 0.3 is 0 Å². The van der Waals surface area contributed by atoms with Crippen molar-refractivity contribution in [3.05, 3.63) is 53.6 Å². The average molecular weight is 263 g/mol. The number of anilines is 1. The van der Waals surface area contributed by atoms with E-state index in [4.69, 9.17) is 5.73 Å². The van der Waals surface area contributed by atoms with Gasteiger partial charge in [-0.2, -0.15) is 0 Å². The largest absolute Gasteiger partial charge is 0.398 e. The summed E-state index contributed by atoms with van der Waals surface area (Å²) < 4.78 is 2.02. The van der Waals surface area contributed by atoms with Crippen LogP contribution >= 0.6 is 0 Å². The number of nitrogens with zero attached hydrogens (tertiary/aromatic N) is 2. The molecule has 0 fully saturated rings. The molecule has 2 aromatic heterocycles. The van der Waals surface area contributed by atoms with Crippen molar-refractivity contribution in [2.24, 2.45) is 0 Å². The first-order chi connectivity index (χ1) is 9.74. The molecule has 100 valence electrons. The maximum Gasteiger partial charge on any atom is 0.0991 e. The van der Waals surface area contributed by atoms with Crippen molar-refractivity contribution in [2.75, 3.05) is 5.73 Å². The summed E-state index contributed by atoms with van der Waals surface area (Å²) in [5.41, 5.74) is 15.0. The van der Waals surface area contributed by atoms with Crippen molar-refractivity contribution in [1.82, 2.24) is 9.38 Å². The van der Waals surface area contributed by atoms with E-state index in [2.05, 4.69) is 30.1 Å². The van der Waals surface area contributed by atoms with Crippen LogP contribution in [0.5, 0.6) is 0 Å². The highest BCUT2D eigenvalue weighted by atomic mass is 15.0. The molecule has 3 aromatic rings. The van der Waals surface area contributed by atoms with Crippen LogP contribution < -0.4 is 5.73 Å². The number of nitrogens with two attached hydrogens (primary N) is 1. The van der Waals surface area contributed by atoms with E-state index >= 15 is 0 Å². The number of nitrogen functional groups attached to an aromatic ring is 1. The Morgan fingerprint density at radius 1 is 1.25 bits per heavy atom. The van der Waals surface area contributed by atoms with Crippen LogP contribution in [0.3, 0.4) is 0 Å². The predicted octanol–water partition coefficient (Wildman–Crippen LogP) is 3.38. The molecule has 0 amide bonds. The summed E-state index contributed by atoms with van der Waals surface area (Å²) in [5, 5.41) is 0. The number of imidazole rings is 1. The molecule has 0 unspecified atom stereocenters. The molecule has 0 aliphatic heterocycles. The van der Waals surface area contributed by atoms with Gasteiger partial charge in [0.05, 0.1) is 18.0 Å². The third-order valence-electron chi connectivity index (χ3n) is 4.34. The lowest BCUT2D eigenvalue weighted by molar-refractivity contribution is 0.912. The zero-order chi connectivity index (χ0) is 13.7. The maximum atomic E-state index is 6.46. The highest BCUT2D eigenvalue weighted by Crippen LogP contribution is 2.38. The van der Waals surface area contributed by atoms with Crippen LogP contribution in [-0.2, 0) is 12.8 Å². The van der Waals surface area contributed by atoms with E-state index in [9.17, 15) is 0 Å². The lowest BCUT2D eigenvalue weighted by Crippen LogP contribution is -2.00. The molecule has 1 aromatic carbocycles. The molecule has 4 rings (SSSR count). The van der Waals surface area contributed by atoms with Crippen LogP contribution in [-0.4, -0.2) is 9.38 Å². The van der Waals surface area contributed by atoms with E-state index < -0.39 is 0 Å². The van der Waals surface area contributed by atoms with Crippen LogP contribution in [0.2, 0.25) is 0 Å². The van der Waals surface area contributed by atoms with Gasteiger partial charge in [-0.05, 0) is 60.6 Å². The fourth-order valence-corrected chi connectivity index (χ4v) is 3.39. The minimum Gasteiger partial charge on any atom is -0.398 e. The van der Waals surface area contributed by atoms with Crippen molar-refractivity contribution in [2.45, 2.75) is 26.2 Å². The first-order valence-electron chi connectivity index (χ1n) is 7.07. The second kappa shape index (κ2) is 4.10. The van der Waals surface area contributed by atoms with Gasteiger partial charge in [0, 0.05) is 17.4 Å². The fraction of sp³-hybridized carbons (Fsp3) is 0.235. The van der Waals surface area contributed by atoms with Gasteiger partial charge in [-0.25, -0.2) is 4.98 Å². The second-order valence-electron chi connectivity index (χ2n) is 5.61. The summed E-state index contributed by atoms with van der Waals surface area (Å²) in [4.78, 5) is 4.17. The Morgan fingerprint density at radius 2 is 2.15 bits per heavy atom. The standard InChI is InChI=1S/C17H17N3/c1-11-7-12-3-2-4-15(12)17(18)16(11)13-5-6-20-10-19-9-14(20)8-13/h5-10H,2-4,18H2,1H3. The summed E-state index contributed by atoms with van der Waals surface area (Å²) in [6.07, 6.45) is 9.25. The topological polar surface area (TPSA) is 43.3 Å². The summed E-state index contributed by atoms with van der Waals surface area (Å²) in [6, 6.07) is 6.59. The van der Waals surface area contributed by atoms with Gasteiger partial charge in [0.15, 0.2) is 0 Å². The van der Waals surface area contributed by atoms with Crippen LogP contribution in [0.15, 0.2) is 36.9 Å². The number of benzene rings is 1. The van der Waals surface area contributed by atoms with Gasteiger partial charge in [-0.3, -0.25) is 0 Å². The predicted molar refractivity (Wildman–Crippen MR) is 81.8 cm³/mol. The summed E-state index contributed by atoms with van der Waals surface area (Å²) >= 11 is 0. The van der Waals surface area contributed by atoms with E-state index in [0.29, 0.717) is 0 Å². The minimum atomic E-state index is 0.973. The normalized spacial score (nSPS) is 13.8. The third-order valence-corrected chi connectivity index (χ3v) is 4.34. The summed E-state index contributed by atoms with van der Waals surface area (Å²) in [6.45, 7) is 2.16. The summed E-state index contributed by atoms with van der Waals surface area (Å²) in [5.74, 6) is 0. The van der Waals surface area contributed by atoms with Crippen molar-refractivity contribution >= 4 is 11.2 Å². The highest BCUT2D eigenvalue weighted by Gasteiger charge is 2.19.